The minimum absolute atomic E-state index is 0.486. The molecule has 174 valence electrons. The quantitative estimate of drug-likeness (QED) is 0.729. The molecule has 1 fully saturated rings. The fourth-order valence-electron chi connectivity index (χ4n) is 4.70. The molecular formula is C27H36N6. The predicted octanol–water partition coefficient (Wildman–Crippen LogP) is 4.82. The molecule has 1 saturated heterocycles. The van der Waals surface area contributed by atoms with Gasteiger partial charge in [-0.3, -0.25) is 0 Å². The SMILES string of the molecule is C=Cc1cccc(N2CCCc3c(ncnc3N3CCN[C@@H](C)C3)C2)c1/C(C)=C\C.CC#N. The third-order valence-electron chi connectivity index (χ3n) is 6.34. The number of nitrogens with one attached hydrogen (secondary N) is 1. The van der Waals surface area contributed by atoms with E-state index in [-0.39, 0.29) is 0 Å². The lowest BCUT2D eigenvalue weighted by Crippen LogP contribution is -2.49. The summed E-state index contributed by atoms with van der Waals surface area (Å²) in [6.45, 7) is 16.8. The average Bonchev–Trinajstić information content (AvgIpc) is 3.06. The maximum absolute atomic E-state index is 7.32. The van der Waals surface area contributed by atoms with Gasteiger partial charge in [-0.2, -0.15) is 5.26 Å². The Kier molecular flexibility index (Phi) is 8.62. The molecule has 1 atom stereocenters. The van der Waals surface area contributed by atoms with Gasteiger partial charge in [0.1, 0.15) is 12.1 Å². The summed E-state index contributed by atoms with van der Waals surface area (Å²) >= 11 is 0. The summed E-state index contributed by atoms with van der Waals surface area (Å²) in [4.78, 5) is 14.4. The van der Waals surface area contributed by atoms with E-state index in [9.17, 15) is 0 Å². The van der Waals surface area contributed by atoms with E-state index < -0.39 is 0 Å². The van der Waals surface area contributed by atoms with Gasteiger partial charge in [-0.25, -0.2) is 9.97 Å². The molecule has 0 saturated carbocycles. The smallest absolute Gasteiger partial charge is 0.135 e. The van der Waals surface area contributed by atoms with Gasteiger partial charge < -0.3 is 15.1 Å². The number of rotatable bonds is 4. The maximum atomic E-state index is 7.32. The van der Waals surface area contributed by atoms with Gasteiger partial charge in [-0.1, -0.05) is 30.9 Å². The number of benzene rings is 1. The first kappa shape index (κ1) is 24.5. The van der Waals surface area contributed by atoms with Crippen molar-refractivity contribution in [1.82, 2.24) is 15.3 Å². The summed E-state index contributed by atoms with van der Waals surface area (Å²) in [7, 11) is 0. The summed E-state index contributed by atoms with van der Waals surface area (Å²) in [5.41, 5.74) is 7.51. The van der Waals surface area contributed by atoms with Crippen LogP contribution in [0.1, 0.15) is 56.5 Å². The van der Waals surface area contributed by atoms with Gasteiger partial charge in [0.2, 0.25) is 0 Å². The van der Waals surface area contributed by atoms with E-state index in [0.717, 1.165) is 57.1 Å². The van der Waals surface area contributed by atoms with E-state index in [4.69, 9.17) is 15.2 Å². The van der Waals surface area contributed by atoms with Gasteiger partial charge in [-0.05, 0) is 50.8 Å². The highest BCUT2D eigenvalue weighted by molar-refractivity contribution is 5.82. The Labute approximate surface area is 198 Å². The Bertz CT molecular complexity index is 1040. The first-order valence-corrected chi connectivity index (χ1v) is 11.8. The number of hydrogen-bond donors (Lipinski definition) is 1. The zero-order valence-electron chi connectivity index (χ0n) is 20.4. The van der Waals surface area contributed by atoms with E-state index >= 15 is 0 Å². The van der Waals surface area contributed by atoms with Crippen LogP contribution in [0.15, 0.2) is 37.2 Å². The topological polar surface area (TPSA) is 68.1 Å². The monoisotopic (exact) mass is 444 g/mol. The molecule has 0 spiro atoms. The average molecular weight is 445 g/mol. The molecule has 0 aliphatic carbocycles. The van der Waals surface area contributed by atoms with Crippen LogP contribution in [0.5, 0.6) is 0 Å². The Balaban J connectivity index is 0.000000968. The second kappa shape index (κ2) is 11.6. The molecule has 2 aliphatic rings. The minimum Gasteiger partial charge on any atom is -0.365 e. The Hall–Kier alpha value is -3.17. The van der Waals surface area contributed by atoms with E-state index in [0.29, 0.717) is 6.04 Å². The van der Waals surface area contributed by atoms with Gasteiger partial charge in [-0.15, -0.1) is 0 Å². The van der Waals surface area contributed by atoms with Crippen LogP contribution < -0.4 is 15.1 Å². The molecule has 0 unspecified atom stereocenters. The normalized spacial score (nSPS) is 18.4. The zero-order valence-corrected chi connectivity index (χ0v) is 20.4. The van der Waals surface area contributed by atoms with E-state index in [2.05, 4.69) is 66.7 Å². The first-order chi connectivity index (χ1) is 16.0. The number of nitriles is 1. The summed E-state index contributed by atoms with van der Waals surface area (Å²) < 4.78 is 0. The molecule has 33 heavy (non-hydrogen) atoms. The summed E-state index contributed by atoms with van der Waals surface area (Å²) in [5.74, 6) is 1.14. The number of fused-ring (bicyclic) bond motifs is 1. The lowest BCUT2D eigenvalue weighted by Gasteiger charge is -2.34. The second-order valence-electron chi connectivity index (χ2n) is 8.59. The number of anilines is 2. The Morgan fingerprint density at radius 1 is 1.27 bits per heavy atom. The zero-order chi connectivity index (χ0) is 23.8. The van der Waals surface area contributed by atoms with Crippen LogP contribution in [0.3, 0.4) is 0 Å². The van der Waals surface area contributed by atoms with Crippen molar-refractivity contribution >= 4 is 23.2 Å². The fraction of sp³-hybridized carbons (Fsp3) is 0.444. The van der Waals surface area contributed by atoms with E-state index in [1.165, 1.54) is 34.9 Å². The van der Waals surface area contributed by atoms with Crippen molar-refractivity contribution in [2.75, 3.05) is 36.0 Å². The highest BCUT2D eigenvalue weighted by Gasteiger charge is 2.25. The van der Waals surface area contributed by atoms with E-state index in [1.54, 1.807) is 12.4 Å². The third kappa shape index (κ3) is 5.61. The maximum Gasteiger partial charge on any atom is 0.135 e. The highest BCUT2D eigenvalue weighted by Crippen LogP contribution is 2.34. The summed E-state index contributed by atoms with van der Waals surface area (Å²) in [6, 6.07) is 8.76. The van der Waals surface area contributed by atoms with Crippen molar-refractivity contribution in [2.24, 2.45) is 0 Å². The molecule has 0 radical (unpaired) electrons. The third-order valence-corrected chi connectivity index (χ3v) is 6.34. The summed E-state index contributed by atoms with van der Waals surface area (Å²) in [6.07, 6.45) is 8.02. The molecule has 6 heteroatoms. The van der Waals surface area contributed by atoms with Crippen LogP contribution in [-0.4, -0.2) is 42.2 Å². The Morgan fingerprint density at radius 2 is 2.06 bits per heavy atom. The molecule has 1 aromatic heterocycles. The van der Waals surface area contributed by atoms with Crippen molar-refractivity contribution in [3.63, 3.8) is 0 Å². The van der Waals surface area contributed by atoms with Gasteiger partial charge in [0.25, 0.3) is 0 Å². The molecule has 6 nitrogen and oxygen atoms in total. The van der Waals surface area contributed by atoms with Crippen molar-refractivity contribution in [1.29, 1.82) is 5.26 Å². The molecule has 1 aromatic carbocycles. The molecule has 1 N–H and O–H groups in total. The Morgan fingerprint density at radius 3 is 2.76 bits per heavy atom. The van der Waals surface area contributed by atoms with Crippen molar-refractivity contribution < 1.29 is 0 Å². The molecule has 3 heterocycles. The van der Waals surface area contributed by atoms with Crippen molar-refractivity contribution in [3.05, 3.63) is 59.6 Å². The van der Waals surface area contributed by atoms with Crippen LogP contribution in [0.2, 0.25) is 0 Å². The van der Waals surface area contributed by atoms with Crippen molar-refractivity contribution in [3.8, 4) is 6.07 Å². The molecule has 0 bridgehead atoms. The number of nitrogens with zero attached hydrogens (tertiary/aromatic N) is 5. The van der Waals surface area contributed by atoms with Gasteiger partial charge in [0.05, 0.1) is 18.3 Å². The number of piperazine rings is 1. The van der Waals surface area contributed by atoms with Gasteiger partial charge >= 0.3 is 0 Å². The van der Waals surface area contributed by atoms with E-state index in [1.807, 2.05) is 6.08 Å². The lowest BCUT2D eigenvalue weighted by molar-refractivity contribution is 0.481. The molecule has 2 aromatic rings. The predicted molar refractivity (Wildman–Crippen MR) is 138 cm³/mol. The fourth-order valence-corrected chi connectivity index (χ4v) is 4.70. The van der Waals surface area contributed by atoms with Crippen LogP contribution >= 0.6 is 0 Å². The number of hydrogen-bond acceptors (Lipinski definition) is 6. The second-order valence-corrected chi connectivity index (χ2v) is 8.59. The molecule has 4 rings (SSSR count). The van der Waals surface area contributed by atoms with Crippen LogP contribution in [0, 0.1) is 11.3 Å². The molecular weight excluding hydrogens is 408 g/mol. The number of allylic oxidation sites excluding steroid dienone is 2. The van der Waals surface area contributed by atoms with Crippen LogP contribution in [0.4, 0.5) is 11.5 Å². The highest BCUT2D eigenvalue weighted by atomic mass is 15.3. The first-order valence-electron chi connectivity index (χ1n) is 11.8. The summed E-state index contributed by atoms with van der Waals surface area (Å²) in [5, 5.41) is 10.8. The number of aromatic nitrogens is 2. The molecule has 0 amide bonds. The largest absolute Gasteiger partial charge is 0.365 e. The van der Waals surface area contributed by atoms with Crippen LogP contribution in [0.25, 0.3) is 11.6 Å². The van der Waals surface area contributed by atoms with Crippen molar-refractivity contribution in [2.45, 2.75) is 53.1 Å². The standard InChI is InChI=1S/C25H33N5.C2H3N/c1-5-18(3)24-20(6-2)9-7-11-23(24)29-13-8-10-21-22(16-29)27-17-28-25(21)30-14-12-26-19(4)15-30;1-2-3/h5-7,9,11,17,19,26H,2,8,10,12-16H2,1,3-4H3;1H3/b18-5-;/t19-;/m0./s1. The van der Waals surface area contributed by atoms with Gasteiger partial charge in [0, 0.05) is 56.0 Å². The van der Waals surface area contributed by atoms with Gasteiger partial charge in [0.15, 0.2) is 0 Å². The minimum atomic E-state index is 0.486. The molecule has 2 aliphatic heterocycles. The van der Waals surface area contributed by atoms with Crippen LogP contribution in [-0.2, 0) is 13.0 Å². The lowest BCUT2D eigenvalue weighted by atomic mass is 9.97.